The van der Waals surface area contributed by atoms with E-state index in [1.807, 2.05) is 17.5 Å². The summed E-state index contributed by atoms with van der Waals surface area (Å²) in [5, 5.41) is 3.07. The Balaban J connectivity index is 1.63. The zero-order chi connectivity index (χ0) is 30.1. The number of methoxy groups -OCH3 is 1. The predicted molar refractivity (Wildman–Crippen MR) is 163 cm³/mol. The van der Waals surface area contributed by atoms with Crippen LogP contribution in [-0.2, 0) is 22.5 Å². The average Bonchev–Trinajstić information content (AvgIpc) is 3.50. The average molecular weight is 619 g/mol. The molecule has 43 heavy (non-hydrogen) atoms. The van der Waals surface area contributed by atoms with Crippen LogP contribution in [0.2, 0.25) is 5.02 Å². The molecule has 4 aromatic heterocycles. The number of pyridine rings is 3. The summed E-state index contributed by atoms with van der Waals surface area (Å²) in [6, 6.07) is 7.58. The number of carbonyl (C=O) groups is 1. The van der Waals surface area contributed by atoms with Crippen LogP contribution in [0.1, 0.15) is 11.3 Å². The molecule has 5 heterocycles. The first kappa shape index (κ1) is 28.9. The number of aromatic nitrogens is 3. The third kappa shape index (κ3) is 5.61. The van der Waals surface area contributed by atoms with E-state index in [4.69, 9.17) is 31.0 Å². The number of nitrogens with zero attached hydrogens (tertiary/aromatic N) is 4. The minimum absolute atomic E-state index is 0.0261. The lowest BCUT2D eigenvalue weighted by Gasteiger charge is -2.27. The van der Waals surface area contributed by atoms with Gasteiger partial charge < -0.3 is 14.4 Å². The van der Waals surface area contributed by atoms with Crippen molar-refractivity contribution in [3.8, 4) is 39.4 Å². The fourth-order valence-electron chi connectivity index (χ4n) is 5.24. The number of hydrogen-bond donors (Lipinski definition) is 0. The highest BCUT2D eigenvalue weighted by Crippen LogP contribution is 2.47. The van der Waals surface area contributed by atoms with Gasteiger partial charge in [0, 0.05) is 89.8 Å². The van der Waals surface area contributed by atoms with Crippen LogP contribution in [0.3, 0.4) is 0 Å². The minimum atomic E-state index is -0.795. The van der Waals surface area contributed by atoms with Crippen molar-refractivity contribution in [3.05, 3.63) is 94.9 Å². The summed E-state index contributed by atoms with van der Waals surface area (Å²) in [5.74, 6) is -1.71. The molecule has 0 bridgehead atoms. The molecule has 11 heteroatoms. The summed E-state index contributed by atoms with van der Waals surface area (Å²) < 4.78 is 42.1. The molecule has 0 fully saturated rings. The molecule has 0 spiro atoms. The van der Waals surface area contributed by atoms with Crippen LogP contribution in [0, 0.1) is 11.6 Å². The second kappa shape index (κ2) is 12.2. The maximum absolute atomic E-state index is 15.9. The quantitative estimate of drug-likeness (QED) is 0.136. The van der Waals surface area contributed by atoms with Gasteiger partial charge in [-0.25, -0.2) is 13.8 Å². The van der Waals surface area contributed by atoms with Gasteiger partial charge in [0.1, 0.15) is 24.0 Å². The van der Waals surface area contributed by atoms with Gasteiger partial charge in [0.05, 0.1) is 28.6 Å². The number of carbonyl (C=O) groups excluding carboxylic acids is 1. The summed E-state index contributed by atoms with van der Waals surface area (Å²) in [7, 11) is 1.52. The van der Waals surface area contributed by atoms with Crippen molar-refractivity contribution < 1.29 is 23.0 Å². The molecule has 1 aromatic carbocycles. The summed E-state index contributed by atoms with van der Waals surface area (Å²) >= 11 is 7.70. The van der Waals surface area contributed by atoms with Crippen LogP contribution in [0.4, 0.5) is 8.78 Å². The highest BCUT2D eigenvalue weighted by molar-refractivity contribution is 7.18. The lowest BCUT2D eigenvalue weighted by Crippen LogP contribution is -2.35. The molecule has 0 saturated heterocycles. The number of amides is 1. The number of rotatable bonds is 8. The Morgan fingerprint density at radius 3 is 2.74 bits per heavy atom. The zero-order valence-corrected chi connectivity index (χ0v) is 24.6. The Bertz CT molecular complexity index is 1880. The Morgan fingerprint density at radius 1 is 1.12 bits per heavy atom. The van der Waals surface area contributed by atoms with E-state index < -0.39 is 11.6 Å². The zero-order valence-electron chi connectivity index (χ0n) is 23.1. The van der Waals surface area contributed by atoms with Gasteiger partial charge in [-0.15, -0.1) is 11.3 Å². The minimum Gasteiger partial charge on any atom is -0.490 e. The molecule has 218 valence electrons. The fourth-order valence-corrected chi connectivity index (χ4v) is 6.36. The van der Waals surface area contributed by atoms with E-state index in [9.17, 15) is 9.18 Å². The first-order chi connectivity index (χ1) is 20.9. The van der Waals surface area contributed by atoms with E-state index in [1.54, 1.807) is 23.4 Å². The molecule has 1 amide bonds. The topological polar surface area (TPSA) is 77.4 Å². The van der Waals surface area contributed by atoms with Crippen LogP contribution in [0.25, 0.3) is 43.7 Å². The molecule has 5 aromatic rings. The van der Waals surface area contributed by atoms with Crippen LogP contribution in [0.5, 0.6) is 5.75 Å². The third-order valence-electron chi connectivity index (χ3n) is 7.20. The molecule has 0 atom stereocenters. The van der Waals surface area contributed by atoms with Gasteiger partial charge in [-0.1, -0.05) is 18.2 Å². The van der Waals surface area contributed by atoms with Gasteiger partial charge >= 0.3 is 0 Å². The molecule has 0 unspecified atom stereocenters. The van der Waals surface area contributed by atoms with Gasteiger partial charge in [-0.3, -0.25) is 14.8 Å². The highest BCUT2D eigenvalue weighted by Gasteiger charge is 2.27. The maximum atomic E-state index is 15.9. The van der Waals surface area contributed by atoms with E-state index in [-0.39, 0.29) is 30.4 Å². The van der Waals surface area contributed by atoms with Crippen molar-refractivity contribution in [2.75, 3.05) is 26.9 Å². The predicted octanol–water partition coefficient (Wildman–Crippen LogP) is 7.11. The smallest absolute Gasteiger partial charge is 0.246 e. The van der Waals surface area contributed by atoms with Gasteiger partial charge in [-0.05, 0) is 35.2 Å². The molecule has 1 aliphatic heterocycles. The van der Waals surface area contributed by atoms with E-state index >= 15 is 4.39 Å². The summed E-state index contributed by atoms with van der Waals surface area (Å²) in [5.41, 5.74) is 4.50. The van der Waals surface area contributed by atoms with Gasteiger partial charge in [0.2, 0.25) is 5.91 Å². The SMILES string of the molecule is C=CC(=O)N1CCc2ncc(-c3nc(-c4cncc(Cl)c4)c4ccsc4c3-c3c(F)cc(F)cc3OCCOC)cc2C1. The third-order valence-corrected chi connectivity index (χ3v) is 8.34. The Kier molecular flexibility index (Phi) is 8.16. The standard InChI is InChI=1S/C32H25ClF2N4O3S/c1-3-27(40)39-6-4-25-20(17-39)10-18(15-37-25)31-29(28-24(35)12-22(34)13-26(28)42-8-7-41-2)32-23(5-9-43-32)30(38-31)19-11-21(33)16-36-14-19/h3,5,9-16H,1,4,6-8,17H2,2H3. The Morgan fingerprint density at radius 2 is 1.95 bits per heavy atom. The van der Waals surface area contributed by atoms with Crippen LogP contribution in [-0.4, -0.2) is 52.6 Å². The van der Waals surface area contributed by atoms with E-state index in [2.05, 4.69) is 11.6 Å². The van der Waals surface area contributed by atoms with Crippen molar-refractivity contribution in [1.29, 1.82) is 0 Å². The maximum Gasteiger partial charge on any atom is 0.246 e. The summed E-state index contributed by atoms with van der Waals surface area (Å²) in [6.07, 6.45) is 6.77. The van der Waals surface area contributed by atoms with Crippen LogP contribution < -0.4 is 4.74 Å². The molecular formula is C32H25ClF2N4O3S. The first-order valence-electron chi connectivity index (χ1n) is 13.4. The number of ether oxygens (including phenoxy) is 2. The second-order valence-electron chi connectivity index (χ2n) is 9.88. The first-order valence-corrected chi connectivity index (χ1v) is 14.7. The van der Waals surface area contributed by atoms with Crippen molar-refractivity contribution in [3.63, 3.8) is 0 Å². The Hall–Kier alpha value is -4.25. The largest absolute Gasteiger partial charge is 0.490 e. The lowest BCUT2D eigenvalue weighted by molar-refractivity contribution is -0.126. The molecule has 0 N–H and O–H groups in total. The summed E-state index contributed by atoms with van der Waals surface area (Å²) in [4.78, 5) is 28.1. The normalized spacial score (nSPS) is 12.8. The van der Waals surface area contributed by atoms with Crippen molar-refractivity contribution in [2.45, 2.75) is 13.0 Å². The van der Waals surface area contributed by atoms with Gasteiger partial charge in [0.15, 0.2) is 0 Å². The van der Waals surface area contributed by atoms with Crippen molar-refractivity contribution in [2.24, 2.45) is 0 Å². The molecular weight excluding hydrogens is 594 g/mol. The molecule has 1 aliphatic rings. The van der Waals surface area contributed by atoms with E-state index in [0.29, 0.717) is 57.3 Å². The lowest BCUT2D eigenvalue weighted by atomic mass is 9.94. The number of benzene rings is 1. The number of hydrogen-bond acceptors (Lipinski definition) is 7. The fraction of sp³-hybridized carbons (Fsp3) is 0.188. The second-order valence-corrected chi connectivity index (χ2v) is 11.2. The molecule has 0 aliphatic carbocycles. The monoisotopic (exact) mass is 618 g/mol. The highest BCUT2D eigenvalue weighted by atomic mass is 35.5. The molecule has 6 rings (SSSR count). The number of fused-ring (bicyclic) bond motifs is 2. The van der Waals surface area contributed by atoms with Crippen molar-refractivity contribution >= 4 is 38.9 Å². The summed E-state index contributed by atoms with van der Waals surface area (Å²) in [6.45, 7) is 4.80. The van der Waals surface area contributed by atoms with Crippen LogP contribution in [0.15, 0.2) is 67.0 Å². The van der Waals surface area contributed by atoms with Crippen LogP contribution >= 0.6 is 22.9 Å². The number of thiophene rings is 1. The van der Waals surface area contributed by atoms with Gasteiger partial charge in [-0.2, -0.15) is 0 Å². The number of halogens is 3. The van der Waals surface area contributed by atoms with Gasteiger partial charge in [0.25, 0.3) is 0 Å². The molecule has 0 radical (unpaired) electrons. The Labute approximate surface area is 255 Å². The van der Waals surface area contributed by atoms with Crippen molar-refractivity contribution in [1.82, 2.24) is 19.9 Å². The van der Waals surface area contributed by atoms with E-state index in [0.717, 1.165) is 28.8 Å². The molecule has 7 nitrogen and oxygen atoms in total. The van der Waals surface area contributed by atoms with E-state index in [1.165, 1.54) is 30.7 Å². The molecule has 0 saturated carbocycles.